The summed E-state index contributed by atoms with van der Waals surface area (Å²) in [7, 11) is 4.03. The molecule has 1 N–H and O–H groups in total. The quantitative estimate of drug-likeness (QED) is 0.906. The molecule has 0 unspecified atom stereocenters. The van der Waals surface area contributed by atoms with Crippen LogP contribution < -0.4 is 10.1 Å². The minimum atomic E-state index is 0.237. The molecule has 2 rings (SSSR count). The molecule has 0 atom stereocenters. The maximum atomic E-state index is 6.19. The number of nitrogens with one attached hydrogen (secondary N) is 1. The molecule has 1 aromatic heterocycles. The highest BCUT2D eigenvalue weighted by molar-refractivity contribution is 6.31. The van der Waals surface area contributed by atoms with Gasteiger partial charge in [0.2, 0.25) is 5.88 Å². The highest BCUT2D eigenvalue weighted by Gasteiger charge is 2.19. The molecular formula is C13H20ClN3O. The van der Waals surface area contributed by atoms with E-state index < -0.39 is 0 Å². The lowest BCUT2D eigenvalue weighted by atomic mass is 10.1. The Morgan fingerprint density at radius 1 is 1.50 bits per heavy atom. The number of piperidine rings is 1. The van der Waals surface area contributed by atoms with Crippen molar-refractivity contribution in [2.75, 3.05) is 27.2 Å². The van der Waals surface area contributed by atoms with Crippen LogP contribution in [0.5, 0.6) is 5.88 Å². The Labute approximate surface area is 113 Å². The highest BCUT2D eigenvalue weighted by Crippen LogP contribution is 2.25. The summed E-state index contributed by atoms with van der Waals surface area (Å²) in [5.74, 6) is 0.561. The van der Waals surface area contributed by atoms with Crippen molar-refractivity contribution >= 4 is 11.6 Å². The number of hydrogen-bond acceptors (Lipinski definition) is 4. The van der Waals surface area contributed by atoms with E-state index in [-0.39, 0.29) is 6.10 Å². The van der Waals surface area contributed by atoms with Crippen molar-refractivity contribution in [1.29, 1.82) is 0 Å². The monoisotopic (exact) mass is 269 g/mol. The molecule has 1 aliphatic rings. The molecule has 0 bridgehead atoms. The SMILES string of the molecule is CNCc1cnc(OC2CCN(C)CC2)c(Cl)c1. The van der Waals surface area contributed by atoms with Crippen LogP contribution in [0.15, 0.2) is 12.3 Å². The third-order valence-electron chi connectivity index (χ3n) is 3.19. The lowest BCUT2D eigenvalue weighted by Crippen LogP contribution is -2.35. The number of rotatable bonds is 4. The van der Waals surface area contributed by atoms with Gasteiger partial charge in [-0.25, -0.2) is 4.98 Å². The number of halogens is 1. The van der Waals surface area contributed by atoms with Gasteiger partial charge in [0.05, 0.1) is 0 Å². The van der Waals surface area contributed by atoms with Gasteiger partial charge < -0.3 is 15.0 Å². The first-order valence-electron chi connectivity index (χ1n) is 6.33. The van der Waals surface area contributed by atoms with Gasteiger partial charge in [0.25, 0.3) is 0 Å². The Kier molecular flexibility index (Phi) is 4.80. The first-order chi connectivity index (χ1) is 8.69. The first-order valence-corrected chi connectivity index (χ1v) is 6.71. The molecule has 0 aliphatic carbocycles. The van der Waals surface area contributed by atoms with Gasteiger partial charge in [0, 0.05) is 25.8 Å². The molecular weight excluding hydrogens is 250 g/mol. The van der Waals surface area contributed by atoms with E-state index in [0.29, 0.717) is 10.9 Å². The molecule has 5 heteroatoms. The molecule has 18 heavy (non-hydrogen) atoms. The Balaban J connectivity index is 1.96. The summed E-state index contributed by atoms with van der Waals surface area (Å²) in [5.41, 5.74) is 1.07. The Morgan fingerprint density at radius 2 is 2.22 bits per heavy atom. The van der Waals surface area contributed by atoms with Crippen LogP contribution in [0.25, 0.3) is 0 Å². The van der Waals surface area contributed by atoms with Crippen molar-refractivity contribution < 1.29 is 4.74 Å². The topological polar surface area (TPSA) is 37.4 Å². The zero-order valence-corrected chi connectivity index (χ0v) is 11.7. The second-order valence-corrected chi connectivity index (χ2v) is 5.19. The fourth-order valence-electron chi connectivity index (χ4n) is 2.11. The standard InChI is InChI=1S/C13H20ClN3O/c1-15-8-10-7-12(14)13(16-9-10)18-11-3-5-17(2)6-4-11/h7,9,11,15H,3-6,8H2,1-2H3. The van der Waals surface area contributed by atoms with Crippen molar-refractivity contribution in [3.05, 3.63) is 22.8 Å². The lowest BCUT2D eigenvalue weighted by molar-refractivity contribution is 0.110. The van der Waals surface area contributed by atoms with Gasteiger partial charge in [-0.2, -0.15) is 0 Å². The maximum Gasteiger partial charge on any atom is 0.232 e. The van der Waals surface area contributed by atoms with E-state index in [4.69, 9.17) is 16.3 Å². The minimum absolute atomic E-state index is 0.237. The molecule has 0 amide bonds. The average molecular weight is 270 g/mol. The van der Waals surface area contributed by atoms with Gasteiger partial charge >= 0.3 is 0 Å². The average Bonchev–Trinajstić information content (AvgIpc) is 2.36. The summed E-state index contributed by atoms with van der Waals surface area (Å²) < 4.78 is 5.88. The van der Waals surface area contributed by atoms with Crippen LogP contribution in [0.1, 0.15) is 18.4 Å². The van der Waals surface area contributed by atoms with Crippen LogP contribution in [-0.4, -0.2) is 43.2 Å². The van der Waals surface area contributed by atoms with Crippen molar-refractivity contribution in [2.45, 2.75) is 25.5 Å². The molecule has 1 fully saturated rings. The third-order valence-corrected chi connectivity index (χ3v) is 3.46. The van der Waals surface area contributed by atoms with E-state index in [0.717, 1.165) is 38.0 Å². The number of hydrogen-bond donors (Lipinski definition) is 1. The summed E-state index contributed by atoms with van der Waals surface area (Å²) >= 11 is 6.19. The zero-order valence-electron chi connectivity index (χ0n) is 10.9. The summed E-state index contributed by atoms with van der Waals surface area (Å²) in [5, 5.41) is 3.67. The van der Waals surface area contributed by atoms with E-state index in [9.17, 15) is 0 Å². The number of ether oxygens (including phenoxy) is 1. The van der Waals surface area contributed by atoms with Crippen molar-refractivity contribution in [3.8, 4) is 5.88 Å². The predicted octanol–water partition coefficient (Wildman–Crippen LogP) is 1.93. The van der Waals surface area contributed by atoms with Gasteiger partial charge in [-0.15, -0.1) is 0 Å². The third kappa shape index (κ3) is 3.57. The van der Waals surface area contributed by atoms with Crippen molar-refractivity contribution in [2.24, 2.45) is 0 Å². The van der Waals surface area contributed by atoms with Gasteiger partial charge in [-0.05, 0) is 38.6 Å². The summed E-state index contributed by atoms with van der Waals surface area (Å²) in [4.78, 5) is 6.61. The fraction of sp³-hybridized carbons (Fsp3) is 0.615. The summed E-state index contributed by atoms with van der Waals surface area (Å²) in [6.45, 7) is 2.90. The molecule has 1 aromatic rings. The highest BCUT2D eigenvalue weighted by atomic mass is 35.5. The Bertz CT molecular complexity index is 392. The molecule has 1 aliphatic heterocycles. The predicted molar refractivity (Wildman–Crippen MR) is 73.2 cm³/mol. The largest absolute Gasteiger partial charge is 0.473 e. The fourth-order valence-corrected chi connectivity index (χ4v) is 2.35. The number of pyridine rings is 1. The minimum Gasteiger partial charge on any atom is -0.473 e. The summed E-state index contributed by atoms with van der Waals surface area (Å²) in [6, 6.07) is 1.91. The lowest BCUT2D eigenvalue weighted by Gasteiger charge is -2.29. The Morgan fingerprint density at radius 3 is 2.83 bits per heavy atom. The van der Waals surface area contributed by atoms with Crippen molar-refractivity contribution in [1.82, 2.24) is 15.2 Å². The second-order valence-electron chi connectivity index (χ2n) is 4.78. The van der Waals surface area contributed by atoms with Crippen LogP contribution >= 0.6 is 11.6 Å². The van der Waals surface area contributed by atoms with Crippen molar-refractivity contribution in [3.63, 3.8) is 0 Å². The normalized spacial score (nSPS) is 17.9. The van der Waals surface area contributed by atoms with E-state index in [1.807, 2.05) is 19.3 Å². The number of aromatic nitrogens is 1. The molecule has 2 heterocycles. The molecule has 0 aromatic carbocycles. The smallest absolute Gasteiger partial charge is 0.232 e. The van der Waals surface area contributed by atoms with Crippen LogP contribution in [-0.2, 0) is 6.54 Å². The van der Waals surface area contributed by atoms with Crippen LogP contribution in [0.3, 0.4) is 0 Å². The van der Waals surface area contributed by atoms with Crippen LogP contribution in [0.4, 0.5) is 0 Å². The molecule has 100 valence electrons. The van der Waals surface area contributed by atoms with Gasteiger partial charge in [0.1, 0.15) is 11.1 Å². The zero-order chi connectivity index (χ0) is 13.0. The molecule has 0 radical (unpaired) electrons. The van der Waals surface area contributed by atoms with Gasteiger partial charge in [0.15, 0.2) is 0 Å². The number of nitrogens with zero attached hydrogens (tertiary/aromatic N) is 2. The first kappa shape index (κ1) is 13.6. The molecule has 0 spiro atoms. The maximum absolute atomic E-state index is 6.19. The van der Waals surface area contributed by atoms with Gasteiger partial charge in [-0.3, -0.25) is 0 Å². The van der Waals surface area contributed by atoms with E-state index >= 15 is 0 Å². The van der Waals surface area contributed by atoms with E-state index in [2.05, 4.69) is 22.2 Å². The van der Waals surface area contributed by atoms with E-state index in [1.54, 1.807) is 0 Å². The Hall–Kier alpha value is -0.840. The van der Waals surface area contributed by atoms with Crippen LogP contribution in [0, 0.1) is 0 Å². The molecule has 4 nitrogen and oxygen atoms in total. The molecule has 0 saturated carbocycles. The molecule has 1 saturated heterocycles. The summed E-state index contributed by atoms with van der Waals surface area (Å²) in [6.07, 6.45) is 4.12. The second kappa shape index (κ2) is 6.36. The van der Waals surface area contributed by atoms with Crippen LogP contribution in [0.2, 0.25) is 5.02 Å². The van der Waals surface area contributed by atoms with Gasteiger partial charge in [-0.1, -0.05) is 11.6 Å². The number of likely N-dealkylation sites (tertiary alicyclic amines) is 1. The van der Waals surface area contributed by atoms with E-state index in [1.165, 1.54) is 0 Å².